The molecular weight excluding hydrogens is 324 g/mol. The molecule has 0 atom stereocenters. The number of carbonyl (C=O) groups is 2. The first kappa shape index (κ1) is 15.2. The van der Waals surface area contributed by atoms with Gasteiger partial charge >= 0.3 is 5.97 Å². The standard InChI is InChI=1S/C15H17BrO4/c1-19-14(18)15(6-8-20-9-7-15)10-13(17)11-2-4-12(16)5-3-11/h2-5H,6-10H2,1H3. The van der Waals surface area contributed by atoms with Crippen LogP contribution in [-0.2, 0) is 14.3 Å². The van der Waals surface area contributed by atoms with Crippen LogP contribution in [-0.4, -0.2) is 32.1 Å². The van der Waals surface area contributed by atoms with E-state index in [0.29, 0.717) is 31.6 Å². The molecule has 0 aliphatic carbocycles. The summed E-state index contributed by atoms with van der Waals surface area (Å²) in [6, 6.07) is 7.16. The molecule has 1 fully saturated rings. The monoisotopic (exact) mass is 340 g/mol. The maximum Gasteiger partial charge on any atom is 0.312 e. The predicted molar refractivity (Wildman–Crippen MR) is 77.6 cm³/mol. The van der Waals surface area contributed by atoms with Crippen LogP contribution in [0.3, 0.4) is 0 Å². The third kappa shape index (κ3) is 3.27. The molecule has 0 radical (unpaired) electrons. The Morgan fingerprint density at radius 1 is 1.25 bits per heavy atom. The van der Waals surface area contributed by atoms with Crippen LogP contribution in [0.5, 0.6) is 0 Å². The van der Waals surface area contributed by atoms with Gasteiger partial charge in [0.15, 0.2) is 5.78 Å². The van der Waals surface area contributed by atoms with Crippen LogP contribution in [0.15, 0.2) is 28.7 Å². The van der Waals surface area contributed by atoms with Crippen LogP contribution < -0.4 is 0 Å². The highest BCUT2D eigenvalue weighted by atomic mass is 79.9. The summed E-state index contributed by atoms with van der Waals surface area (Å²) in [6.07, 6.45) is 1.23. The summed E-state index contributed by atoms with van der Waals surface area (Å²) in [5.41, 5.74) is -0.125. The molecule has 0 amide bonds. The van der Waals surface area contributed by atoms with Crippen molar-refractivity contribution >= 4 is 27.7 Å². The van der Waals surface area contributed by atoms with Gasteiger partial charge in [-0.3, -0.25) is 9.59 Å². The molecule has 0 spiro atoms. The lowest BCUT2D eigenvalue weighted by atomic mass is 9.75. The molecule has 1 aliphatic rings. The quantitative estimate of drug-likeness (QED) is 0.624. The van der Waals surface area contributed by atoms with Crippen LogP contribution in [0, 0.1) is 5.41 Å². The third-order valence-electron chi connectivity index (χ3n) is 3.73. The van der Waals surface area contributed by atoms with Crippen LogP contribution in [0.25, 0.3) is 0 Å². The fourth-order valence-electron chi connectivity index (χ4n) is 2.48. The normalized spacial score (nSPS) is 17.5. The summed E-state index contributed by atoms with van der Waals surface area (Å²) in [5.74, 6) is -0.351. The van der Waals surface area contributed by atoms with Gasteiger partial charge in [-0.2, -0.15) is 0 Å². The first-order valence-electron chi connectivity index (χ1n) is 6.52. The number of carbonyl (C=O) groups excluding carboxylic acids is 2. The van der Waals surface area contributed by atoms with E-state index >= 15 is 0 Å². The van der Waals surface area contributed by atoms with E-state index in [0.717, 1.165) is 4.47 Å². The Morgan fingerprint density at radius 3 is 2.40 bits per heavy atom. The first-order chi connectivity index (χ1) is 9.57. The fourth-order valence-corrected chi connectivity index (χ4v) is 2.74. The van der Waals surface area contributed by atoms with Crippen LogP contribution in [0.2, 0.25) is 0 Å². The van der Waals surface area contributed by atoms with Gasteiger partial charge in [0, 0.05) is 29.7 Å². The number of Topliss-reactive ketones (excluding diaryl/α,β-unsaturated/α-hetero) is 1. The number of ether oxygens (including phenoxy) is 2. The average molecular weight is 341 g/mol. The van der Waals surface area contributed by atoms with Gasteiger partial charge in [-0.1, -0.05) is 28.1 Å². The second kappa shape index (κ2) is 6.50. The molecule has 2 rings (SSSR count). The number of benzene rings is 1. The van der Waals surface area contributed by atoms with Crippen LogP contribution in [0.1, 0.15) is 29.6 Å². The summed E-state index contributed by atoms with van der Waals surface area (Å²) in [7, 11) is 1.36. The van der Waals surface area contributed by atoms with Crippen molar-refractivity contribution in [3.63, 3.8) is 0 Å². The minimum atomic E-state index is -0.739. The zero-order valence-corrected chi connectivity index (χ0v) is 12.9. The number of halogens is 1. The predicted octanol–water partition coefficient (Wildman–Crippen LogP) is 2.99. The molecule has 0 N–H and O–H groups in total. The van der Waals surface area contributed by atoms with Gasteiger partial charge in [0.1, 0.15) is 0 Å². The zero-order chi connectivity index (χ0) is 14.6. The van der Waals surface area contributed by atoms with Gasteiger partial charge in [-0.15, -0.1) is 0 Å². The van der Waals surface area contributed by atoms with Gasteiger partial charge in [-0.05, 0) is 25.0 Å². The van der Waals surface area contributed by atoms with E-state index in [4.69, 9.17) is 9.47 Å². The molecule has 1 heterocycles. The Labute approximate surface area is 126 Å². The van der Waals surface area contributed by atoms with Crippen molar-refractivity contribution in [2.24, 2.45) is 5.41 Å². The lowest BCUT2D eigenvalue weighted by molar-refractivity contribution is -0.158. The first-order valence-corrected chi connectivity index (χ1v) is 7.32. The van der Waals surface area contributed by atoms with E-state index in [9.17, 15) is 9.59 Å². The van der Waals surface area contributed by atoms with Crippen molar-refractivity contribution in [3.8, 4) is 0 Å². The van der Waals surface area contributed by atoms with E-state index in [1.807, 2.05) is 12.1 Å². The second-order valence-corrected chi connectivity index (χ2v) is 5.91. The van der Waals surface area contributed by atoms with Crippen molar-refractivity contribution in [1.82, 2.24) is 0 Å². The van der Waals surface area contributed by atoms with Gasteiger partial charge in [0.05, 0.1) is 12.5 Å². The van der Waals surface area contributed by atoms with Crippen molar-refractivity contribution < 1.29 is 19.1 Å². The van der Waals surface area contributed by atoms with Gasteiger partial charge < -0.3 is 9.47 Å². The fraction of sp³-hybridized carbons (Fsp3) is 0.467. The third-order valence-corrected chi connectivity index (χ3v) is 4.26. The smallest absolute Gasteiger partial charge is 0.312 e. The number of ketones is 1. The molecule has 0 saturated carbocycles. The van der Waals surface area contributed by atoms with Crippen molar-refractivity contribution in [2.45, 2.75) is 19.3 Å². The number of methoxy groups -OCH3 is 1. The number of rotatable bonds is 4. The summed E-state index contributed by atoms with van der Waals surface area (Å²) in [6.45, 7) is 0.978. The molecule has 4 nitrogen and oxygen atoms in total. The summed E-state index contributed by atoms with van der Waals surface area (Å²) in [5, 5.41) is 0. The minimum absolute atomic E-state index is 0.0372. The second-order valence-electron chi connectivity index (χ2n) is 4.99. The number of esters is 1. The molecule has 108 valence electrons. The molecule has 0 unspecified atom stereocenters. The highest BCUT2D eigenvalue weighted by molar-refractivity contribution is 9.10. The SMILES string of the molecule is COC(=O)C1(CC(=O)c2ccc(Br)cc2)CCOCC1. The summed E-state index contributed by atoms with van der Waals surface area (Å²) in [4.78, 5) is 24.5. The largest absolute Gasteiger partial charge is 0.469 e. The highest BCUT2D eigenvalue weighted by Gasteiger charge is 2.43. The van der Waals surface area contributed by atoms with Crippen LogP contribution >= 0.6 is 15.9 Å². The molecule has 1 aromatic rings. The number of hydrogen-bond acceptors (Lipinski definition) is 4. The van der Waals surface area contributed by atoms with Crippen molar-refractivity contribution in [3.05, 3.63) is 34.3 Å². The van der Waals surface area contributed by atoms with Crippen molar-refractivity contribution in [1.29, 1.82) is 0 Å². The Hall–Kier alpha value is -1.20. The topological polar surface area (TPSA) is 52.6 Å². The van der Waals surface area contributed by atoms with E-state index in [2.05, 4.69) is 15.9 Å². The Morgan fingerprint density at radius 2 is 1.85 bits per heavy atom. The molecule has 0 aromatic heterocycles. The molecular formula is C15H17BrO4. The Bertz CT molecular complexity index is 489. The van der Waals surface area contributed by atoms with E-state index < -0.39 is 5.41 Å². The number of hydrogen-bond donors (Lipinski definition) is 0. The molecule has 20 heavy (non-hydrogen) atoms. The average Bonchev–Trinajstić information content (AvgIpc) is 2.48. The van der Waals surface area contributed by atoms with Crippen molar-refractivity contribution in [2.75, 3.05) is 20.3 Å². The molecule has 0 bridgehead atoms. The summed E-state index contributed by atoms with van der Waals surface area (Å²) >= 11 is 3.34. The molecule has 1 aromatic carbocycles. The maximum atomic E-state index is 12.4. The highest BCUT2D eigenvalue weighted by Crippen LogP contribution is 2.36. The Balaban J connectivity index is 2.17. The van der Waals surface area contributed by atoms with Gasteiger partial charge in [0.25, 0.3) is 0 Å². The van der Waals surface area contributed by atoms with E-state index in [-0.39, 0.29) is 18.2 Å². The Kier molecular flexibility index (Phi) is 4.94. The summed E-state index contributed by atoms with van der Waals surface area (Å²) < 4.78 is 11.1. The van der Waals surface area contributed by atoms with E-state index in [1.54, 1.807) is 12.1 Å². The van der Waals surface area contributed by atoms with Crippen LogP contribution in [0.4, 0.5) is 0 Å². The van der Waals surface area contributed by atoms with Gasteiger partial charge in [-0.25, -0.2) is 0 Å². The molecule has 5 heteroatoms. The zero-order valence-electron chi connectivity index (χ0n) is 11.4. The molecule has 1 saturated heterocycles. The maximum absolute atomic E-state index is 12.4. The lowest BCUT2D eigenvalue weighted by Gasteiger charge is -2.33. The molecule has 1 aliphatic heterocycles. The van der Waals surface area contributed by atoms with Gasteiger partial charge in [0.2, 0.25) is 0 Å². The van der Waals surface area contributed by atoms with E-state index in [1.165, 1.54) is 7.11 Å². The lowest BCUT2D eigenvalue weighted by Crippen LogP contribution is -2.40. The minimum Gasteiger partial charge on any atom is -0.469 e.